The van der Waals surface area contributed by atoms with Crippen LogP contribution in [0.5, 0.6) is 5.75 Å². The Balaban J connectivity index is 1.55. The zero-order chi connectivity index (χ0) is 16.8. The first kappa shape index (κ1) is 16.4. The summed E-state index contributed by atoms with van der Waals surface area (Å²) in [5.74, 6) is 0.687. The molecule has 6 nitrogen and oxygen atoms in total. The van der Waals surface area contributed by atoms with Gasteiger partial charge in [0.25, 0.3) is 5.91 Å². The van der Waals surface area contributed by atoms with Gasteiger partial charge in [0.15, 0.2) is 6.61 Å². The Morgan fingerprint density at radius 2 is 2.04 bits per heavy atom. The third kappa shape index (κ3) is 4.52. The van der Waals surface area contributed by atoms with Crippen molar-refractivity contribution in [2.24, 2.45) is 5.92 Å². The van der Waals surface area contributed by atoms with E-state index in [2.05, 4.69) is 15.3 Å². The van der Waals surface area contributed by atoms with Crippen molar-refractivity contribution in [1.29, 1.82) is 0 Å². The number of aliphatic hydroxyl groups excluding tert-OH is 1. The van der Waals surface area contributed by atoms with Crippen LogP contribution in [0.15, 0.2) is 49.1 Å². The van der Waals surface area contributed by atoms with Gasteiger partial charge in [-0.05, 0) is 55.0 Å². The van der Waals surface area contributed by atoms with Crippen LogP contribution in [0.25, 0.3) is 0 Å². The number of carbonyl (C=O) groups is 1. The van der Waals surface area contributed by atoms with E-state index in [-0.39, 0.29) is 30.6 Å². The molecular weight excluding hydrogens is 306 g/mol. The molecule has 1 fully saturated rings. The van der Waals surface area contributed by atoms with E-state index in [9.17, 15) is 9.90 Å². The van der Waals surface area contributed by atoms with Crippen molar-refractivity contribution in [2.45, 2.75) is 31.4 Å². The van der Waals surface area contributed by atoms with Crippen LogP contribution >= 0.6 is 0 Å². The molecule has 2 N–H and O–H groups in total. The number of pyridine rings is 2. The van der Waals surface area contributed by atoms with E-state index in [4.69, 9.17) is 4.74 Å². The van der Waals surface area contributed by atoms with Crippen molar-refractivity contribution in [1.82, 2.24) is 15.3 Å². The normalized spacial score (nSPS) is 20.7. The SMILES string of the molecule is O=C(COc1cccnc1)N[C@H](Cc1ccncc1)C1CC(O)C1. The van der Waals surface area contributed by atoms with Gasteiger partial charge in [-0.25, -0.2) is 0 Å². The highest BCUT2D eigenvalue weighted by Gasteiger charge is 2.34. The average Bonchev–Trinajstić information content (AvgIpc) is 2.58. The first-order valence-corrected chi connectivity index (χ1v) is 8.10. The fraction of sp³-hybridized carbons (Fsp3) is 0.389. The summed E-state index contributed by atoms with van der Waals surface area (Å²) in [4.78, 5) is 20.2. The average molecular weight is 327 g/mol. The highest BCUT2D eigenvalue weighted by Crippen LogP contribution is 2.31. The number of hydrogen-bond donors (Lipinski definition) is 2. The molecule has 6 heteroatoms. The number of carbonyl (C=O) groups excluding carboxylic acids is 1. The molecule has 1 aliphatic carbocycles. The van der Waals surface area contributed by atoms with Gasteiger partial charge in [0.2, 0.25) is 0 Å². The number of nitrogens with zero attached hydrogens (tertiary/aromatic N) is 2. The third-order valence-corrected chi connectivity index (χ3v) is 4.27. The minimum absolute atomic E-state index is 0.0131. The lowest BCUT2D eigenvalue weighted by Crippen LogP contribution is -2.49. The van der Waals surface area contributed by atoms with Gasteiger partial charge >= 0.3 is 0 Å². The molecule has 1 saturated carbocycles. The van der Waals surface area contributed by atoms with E-state index in [1.54, 1.807) is 36.9 Å². The Hall–Kier alpha value is -2.47. The summed E-state index contributed by atoms with van der Waals surface area (Å²) < 4.78 is 5.44. The van der Waals surface area contributed by atoms with Crippen molar-refractivity contribution in [3.8, 4) is 5.75 Å². The molecular formula is C18H21N3O3. The van der Waals surface area contributed by atoms with Gasteiger partial charge < -0.3 is 15.2 Å². The number of nitrogens with one attached hydrogen (secondary N) is 1. The van der Waals surface area contributed by atoms with Crippen LogP contribution in [0.2, 0.25) is 0 Å². The number of rotatable bonds is 7. The highest BCUT2D eigenvalue weighted by molar-refractivity contribution is 5.77. The lowest BCUT2D eigenvalue weighted by Gasteiger charge is -2.38. The van der Waals surface area contributed by atoms with E-state index < -0.39 is 0 Å². The summed E-state index contributed by atoms with van der Waals surface area (Å²) in [6, 6.07) is 7.40. The van der Waals surface area contributed by atoms with E-state index in [1.807, 2.05) is 12.1 Å². The molecule has 2 heterocycles. The van der Waals surface area contributed by atoms with E-state index in [0.29, 0.717) is 5.75 Å². The van der Waals surface area contributed by atoms with Crippen LogP contribution in [0.3, 0.4) is 0 Å². The van der Waals surface area contributed by atoms with Gasteiger partial charge in [-0.15, -0.1) is 0 Å². The molecule has 0 saturated heterocycles. The predicted octanol–water partition coefficient (Wildman–Crippen LogP) is 1.35. The molecule has 0 spiro atoms. The molecule has 0 bridgehead atoms. The maximum atomic E-state index is 12.2. The van der Waals surface area contributed by atoms with Gasteiger partial charge in [0.1, 0.15) is 5.75 Å². The maximum Gasteiger partial charge on any atom is 0.258 e. The molecule has 2 aromatic rings. The second-order valence-corrected chi connectivity index (χ2v) is 6.10. The van der Waals surface area contributed by atoms with Crippen molar-refractivity contribution in [2.75, 3.05) is 6.61 Å². The fourth-order valence-corrected chi connectivity index (χ4v) is 2.90. The summed E-state index contributed by atoms with van der Waals surface area (Å²) in [6.45, 7) is -0.0478. The maximum absolute atomic E-state index is 12.2. The summed E-state index contributed by atoms with van der Waals surface area (Å²) in [5, 5.41) is 12.6. The topological polar surface area (TPSA) is 84.3 Å². The number of ether oxygens (including phenoxy) is 1. The Morgan fingerprint density at radius 1 is 1.25 bits per heavy atom. The van der Waals surface area contributed by atoms with Gasteiger partial charge in [-0.2, -0.15) is 0 Å². The molecule has 3 rings (SSSR count). The lowest BCUT2D eigenvalue weighted by molar-refractivity contribution is -0.124. The van der Waals surface area contributed by atoms with E-state index in [0.717, 1.165) is 24.8 Å². The second-order valence-electron chi connectivity index (χ2n) is 6.10. The summed E-state index contributed by atoms with van der Waals surface area (Å²) in [5.41, 5.74) is 1.12. The molecule has 24 heavy (non-hydrogen) atoms. The Bertz CT molecular complexity index is 645. The second kappa shape index (κ2) is 7.88. The lowest BCUT2D eigenvalue weighted by atomic mass is 9.75. The van der Waals surface area contributed by atoms with Crippen LogP contribution in [0.4, 0.5) is 0 Å². The van der Waals surface area contributed by atoms with Crippen LogP contribution in [-0.4, -0.2) is 39.7 Å². The zero-order valence-corrected chi connectivity index (χ0v) is 13.3. The molecule has 0 unspecified atom stereocenters. The summed E-state index contributed by atoms with van der Waals surface area (Å²) in [7, 11) is 0. The third-order valence-electron chi connectivity index (χ3n) is 4.27. The Morgan fingerprint density at radius 3 is 2.71 bits per heavy atom. The van der Waals surface area contributed by atoms with Gasteiger partial charge in [-0.1, -0.05) is 0 Å². The van der Waals surface area contributed by atoms with Crippen LogP contribution in [0, 0.1) is 5.92 Å². The standard InChI is InChI=1S/C18H21N3O3/c22-15-9-14(10-15)17(8-13-3-6-19-7-4-13)21-18(23)12-24-16-2-1-5-20-11-16/h1-7,11,14-15,17,22H,8-10,12H2,(H,21,23)/t14?,15?,17-/m1/s1. The minimum Gasteiger partial charge on any atom is -0.482 e. The zero-order valence-electron chi connectivity index (χ0n) is 13.3. The molecule has 2 aromatic heterocycles. The number of amides is 1. The molecule has 0 aromatic carbocycles. The van der Waals surface area contributed by atoms with Crippen molar-refractivity contribution >= 4 is 5.91 Å². The Kier molecular flexibility index (Phi) is 5.38. The van der Waals surface area contributed by atoms with Crippen molar-refractivity contribution in [3.63, 3.8) is 0 Å². The van der Waals surface area contributed by atoms with Crippen LogP contribution in [0.1, 0.15) is 18.4 Å². The largest absolute Gasteiger partial charge is 0.482 e. The molecule has 0 aliphatic heterocycles. The van der Waals surface area contributed by atoms with E-state index >= 15 is 0 Å². The molecule has 1 aliphatic rings. The molecule has 1 amide bonds. The molecule has 1 atom stereocenters. The minimum atomic E-state index is -0.251. The first-order valence-electron chi connectivity index (χ1n) is 8.10. The van der Waals surface area contributed by atoms with Crippen molar-refractivity contribution in [3.05, 3.63) is 54.6 Å². The Labute approximate surface area is 140 Å². The fourth-order valence-electron chi connectivity index (χ4n) is 2.90. The van der Waals surface area contributed by atoms with Gasteiger partial charge in [-0.3, -0.25) is 14.8 Å². The van der Waals surface area contributed by atoms with E-state index in [1.165, 1.54) is 0 Å². The summed E-state index contributed by atoms with van der Waals surface area (Å²) in [6.07, 6.45) is 8.63. The molecule has 0 radical (unpaired) electrons. The number of aromatic nitrogens is 2. The van der Waals surface area contributed by atoms with Crippen LogP contribution < -0.4 is 10.1 Å². The number of hydrogen-bond acceptors (Lipinski definition) is 5. The van der Waals surface area contributed by atoms with Gasteiger partial charge in [0.05, 0.1) is 12.3 Å². The number of aliphatic hydroxyl groups is 1. The smallest absolute Gasteiger partial charge is 0.258 e. The first-order chi connectivity index (χ1) is 11.7. The predicted molar refractivity (Wildman–Crippen MR) is 88.3 cm³/mol. The van der Waals surface area contributed by atoms with Gasteiger partial charge in [0, 0.05) is 24.6 Å². The summed E-state index contributed by atoms with van der Waals surface area (Å²) >= 11 is 0. The quantitative estimate of drug-likeness (QED) is 0.802. The monoisotopic (exact) mass is 327 g/mol. The molecule has 126 valence electrons. The van der Waals surface area contributed by atoms with Crippen molar-refractivity contribution < 1.29 is 14.6 Å². The van der Waals surface area contributed by atoms with Crippen LogP contribution in [-0.2, 0) is 11.2 Å². The highest BCUT2D eigenvalue weighted by atomic mass is 16.5.